The van der Waals surface area contributed by atoms with Crippen LogP contribution in [0.25, 0.3) is 0 Å². The number of hydrogen-bond acceptors (Lipinski definition) is 1. The minimum absolute atomic E-state index is 0.334. The summed E-state index contributed by atoms with van der Waals surface area (Å²) in [4.78, 5) is 10.1. The van der Waals surface area contributed by atoms with Gasteiger partial charge in [0.25, 0.3) is 0 Å². The molecule has 0 rings (SSSR count). The molecule has 0 aromatic heterocycles. The molecule has 0 bridgehead atoms. The van der Waals surface area contributed by atoms with E-state index < -0.39 is 19.6 Å². The highest BCUT2D eigenvalue weighted by molar-refractivity contribution is 5.48. The lowest BCUT2D eigenvalue weighted by molar-refractivity contribution is -0.107. The maximum atomic E-state index is 10.1. The van der Waals surface area contributed by atoms with Crippen molar-refractivity contribution in [1.29, 1.82) is 0 Å². The summed E-state index contributed by atoms with van der Waals surface area (Å²) >= 11 is 0. The second-order valence-electron chi connectivity index (χ2n) is 0.387. The molecule has 0 N–H and O–H groups in total. The fraction of sp³-hybridized carbons (Fsp3) is 0.750. The van der Waals surface area contributed by atoms with Crippen molar-refractivity contribution >= 4 is 6.29 Å². The fourth-order valence-corrected chi connectivity index (χ4v) is 0.0295. The highest BCUT2D eigenvalue weighted by Gasteiger charge is 1.66. The van der Waals surface area contributed by atoms with Crippen LogP contribution < -0.4 is 0 Å². The highest BCUT2D eigenvalue weighted by atomic mass is 16.1. The smallest absolute Gasteiger partial charge is 0.119 e. The molecule has 1 heteroatoms. The van der Waals surface area contributed by atoms with Crippen LogP contribution in [-0.4, -0.2) is 6.29 Å². The summed E-state index contributed by atoms with van der Waals surface area (Å²) in [5.41, 5.74) is 0. The lowest BCUT2D eigenvalue weighted by Gasteiger charge is -1.68. The molecular weight excluding hydrogens is 64.0 g/mol. The van der Waals surface area contributed by atoms with E-state index >= 15 is 0 Å². The number of aldehydes is 1. The van der Waals surface area contributed by atoms with Gasteiger partial charge in [-0.1, -0.05) is 6.85 Å². The average molecular weight is 79.1 g/mol. The molecule has 0 aromatic carbocycles. The van der Waals surface area contributed by atoms with Crippen molar-refractivity contribution in [2.45, 2.75) is 19.6 Å². The van der Waals surface area contributed by atoms with Crippen LogP contribution in [-0.2, 0) is 4.79 Å². The third-order valence-corrected chi connectivity index (χ3v) is 0.131. The molecule has 0 aromatic rings. The Kier molecular flexibility index (Phi) is 0.406. The maximum absolute atomic E-state index is 10.1. The van der Waals surface area contributed by atoms with Crippen molar-refractivity contribution in [2.75, 3.05) is 0 Å². The Labute approximate surface area is 41.8 Å². The van der Waals surface area contributed by atoms with Gasteiger partial charge in [0.1, 0.15) is 6.29 Å². The Morgan fingerprint density at radius 1 is 2.40 bits per heavy atom. The molecule has 0 atom stereocenters. The molecule has 0 heterocycles. The van der Waals surface area contributed by atoms with E-state index in [0.717, 1.165) is 0 Å². The Balaban J connectivity index is 4.97. The van der Waals surface area contributed by atoms with E-state index in [1.54, 1.807) is 0 Å². The van der Waals surface area contributed by atoms with Gasteiger partial charge < -0.3 is 4.79 Å². The van der Waals surface area contributed by atoms with Crippen molar-refractivity contribution < 1.29 is 14.4 Å². The van der Waals surface area contributed by atoms with Crippen LogP contribution in [0.4, 0.5) is 0 Å². The molecule has 0 fully saturated rings. The average Bonchev–Trinajstić information content (AvgIpc) is 1.85. The molecule has 0 aliphatic rings. The Morgan fingerprint density at radius 3 is 3.40 bits per heavy atom. The SMILES string of the molecule is [2H]C([2H])([2H])C([2H])([2H])C([2H])([2H])C=O. The van der Waals surface area contributed by atoms with E-state index in [4.69, 9.17) is 9.60 Å². The first-order chi connectivity index (χ1) is 5.06. The highest BCUT2D eigenvalue weighted by Crippen LogP contribution is 1.74. The van der Waals surface area contributed by atoms with Crippen LogP contribution in [0.15, 0.2) is 0 Å². The largest absolute Gasteiger partial charge is 0.303 e. The summed E-state index contributed by atoms with van der Waals surface area (Å²) < 4.78 is 47.3. The molecular formula is C4H8O. The number of carbonyl (C=O) groups excluding carboxylic acids is 1. The van der Waals surface area contributed by atoms with Gasteiger partial charge in [-0.3, -0.25) is 0 Å². The predicted octanol–water partition coefficient (Wildman–Crippen LogP) is 0.985. The number of carbonyl (C=O) groups is 1. The molecule has 0 saturated carbocycles. The fourth-order valence-electron chi connectivity index (χ4n) is 0.0295. The zero-order valence-electron chi connectivity index (χ0n) is 9.49. The lowest BCUT2D eigenvalue weighted by Crippen LogP contribution is -1.64. The van der Waals surface area contributed by atoms with Crippen molar-refractivity contribution in [2.24, 2.45) is 0 Å². The van der Waals surface area contributed by atoms with Crippen LogP contribution in [0.2, 0.25) is 0 Å². The molecule has 0 unspecified atom stereocenters. The van der Waals surface area contributed by atoms with Crippen molar-refractivity contribution in [3.05, 3.63) is 0 Å². The minimum atomic E-state index is -3.15. The minimum Gasteiger partial charge on any atom is -0.303 e. The Hall–Kier alpha value is -0.330. The van der Waals surface area contributed by atoms with Gasteiger partial charge in [0.2, 0.25) is 0 Å². The first kappa shape index (κ1) is 0.552. The van der Waals surface area contributed by atoms with Crippen LogP contribution in [0.1, 0.15) is 29.2 Å². The van der Waals surface area contributed by atoms with Gasteiger partial charge in [0.05, 0.1) is 0 Å². The Bertz CT molecular complexity index is 180. The van der Waals surface area contributed by atoms with Gasteiger partial charge in [0.15, 0.2) is 0 Å². The normalized spacial score (nSPS) is 36.4. The molecule has 30 valence electrons. The third-order valence-electron chi connectivity index (χ3n) is 0.131. The summed E-state index contributed by atoms with van der Waals surface area (Å²) in [6, 6.07) is 0. The second-order valence-corrected chi connectivity index (χ2v) is 0.387. The summed E-state index contributed by atoms with van der Waals surface area (Å²) in [6.07, 6.45) is -6.47. The van der Waals surface area contributed by atoms with Crippen LogP contribution in [0, 0.1) is 0 Å². The summed E-state index contributed by atoms with van der Waals surface area (Å²) in [5.74, 6) is 0. The Morgan fingerprint density at radius 2 is 3.20 bits per heavy atom. The van der Waals surface area contributed by atoms with E-state index in [9.17, 15) is 4.79 Å². The van der Waals surface area contributed by atoms with E-state index in [0.29, 0.717) is 0 Å². The second kappa shape index (κ2) is 3.67. The van der Waals surface area contributed by atoms with Gasteiger partial charge >= 0.3 is 0 Å². The predicted molar refractivity (Wildman–Crippen MR) is 21.0 cm³/mol. The zero-order chi connectivity index (χ0) is 10.2. The first-order valence-corrected chi connectivity index (χ1v) is 1.02. The summed E-state index contributed by atoms with van der Waals surface area (Å²) in [6.45, 7) is -3.14. The molecule has 0 aliphatic heterocycles. The van der Waals surface area contributed by atoms with Crippen molar-refractivity contribution in [3.63, 3.8) is 0 Å². The molecule has 0 saturated heterocycles. The molecule has 5 heavy (non-hydrogen) atoms. The maximum Gasteiger partial charge on any atom is 0.119 e. The third kappa shape index (κ3) is 3.67. The lowest BCUT2D eigenvalue weighted by atomic mass is 10.4. The molecule has 0 aliphatic carbocycles. The van der Waals surface area contributed by atoms with E-state index in [2.05, 4.69) is 0 Å². The van der Waals surface area contributed by atoms with Gasteiger partial charge in [-0.2, -0.15) is 0 Å². The number of rotatable bonds is 2. The summed E-state index contributed by atoms with van der Waals surface area (Å²) in [5, 5.41) is 0. The van der Waals surface area contributed by atoms with Gasteiger partial charge in [-0.25, -0.2) is 0 Å². The number of hydrogen-bond donors (Lipinski definition) is 0. The molecule has 0 amide bonds. The van der Waals surface area contributed by atoms with Crippen LogP contribution in [0.5, 0.6) is 0 Å². The van der Waals surface area contributed by atoms with E-state index in [1.165, 1.54) is 0 Å². The van der Waals surface area contributed by atoms with Gasteiger partial charge in [-0.15, -0.1) is 0 Å². The molecule has 1 nitrogen and oxygen atoms in total. The quantitative estimate of drug-likeness (QED) is 0.451. The molecule has 0 radical (unpaired) electrons. The van der Waals surface area contributed by atoms with E-state index in [1.807, 2.05) is 0 Å². The van der Waals surface area contributed by atoms with Crippen molar-refractivity contribution in [1.82, 2.24) is 0 Å². The van der Waals surface area contributed by atoms with Gasteiger partial charge in [0, 0.05) is 16.0 Å². The van der Waals surface area contributed by atoms with E-state index in [-0.39, 0.29) is 6.29 Å². The van der Waals surface area contributed by atoms with Crippen molar-refractivity contribution in [3.8, 4) is 0 Å². The molecule has 0 spiro atoms. The monoisotopic (exact) mass is 79.1 g/mol. The standard InChI is InChI=1S/C4H8O/c1-2-3-4-5/h4H,2-3H2,1H3/i1D3,2D2,3D2. The first-order valence-electron chi connectivity index (χ1n) is 4.52. The zero-order valence-corrected chi connectivity index (χ0v) is 2.49. The van der Waals surface area contributed by atoms with Crippen LogP contribution >= 0.6 is 0 Å². The van der Waals surface area contributed by atoms with Crippen LogP contribution in [0.3, 0.4) is 0 Å². The van der Waals surface area contributed by atoms with Gasteiger partial charge in [-0.05, 0) is 6.37 Å². The topological polar surface area (TPSA) is 17.1 Å². The summed E-state index contributed by atoms with van der Waals surface area (Å²) in [7, 11) is 0.